The zero-order valence-corrected chi connectivity index (χ0v) is 16.9. The summed E-state index contributed by atoms with van der Waals surface area (Å²) in [6, 6.07) is 16.3. The van der Waals surface area contributed by atoms with E-state index < -0.39 is 0 Å². The average Bonchev–Trinajstić information content (AvgIpc) is 2.74. The fourth-order valence-corrected chi connectivity index (χ4v) is 3.27. The molecule has 3 rings (SSSR count). The van der Waals surface area contributed by atoms with Crippen molar-refractivity contribution in [2.45, 2.75) is 19.9 Å². The Kier molecular flexibility index (Phi) is 6.76. The van der Waals surface area contributed by atoms with Crippen LogP contribution in [-0.4, -0.2) is 52.0 Å². The Morgan fingerprint density at radius 1 is 1.18 bits per heavy atom. The fourth-order valence-electron chi connectivity index (χ4n) is 3.27. The Hall–Kier alpha value is -2.73. The molecule has 6 nitrogen and oxygen atoms in total. The maximum absolute atomic E-state index is 12.3. The highest BCUT2D eigenvalue weighted by atomic mass is 16.5. The third-order valence-corrected chi connectivity index (χ3v) is 5.22. The molecular formula is C22H30N4O2. The number of carbonyl (C=O) groups is 1. The van der Waals surface area contributed by atoms with E-state index in [4.69, 9.17) is 4.74 Å². The van der Waals surface area contributed by atoms with Gasteiger partial charge in [0.15, 0.2) is 0 Å². The van der Waals surface area contributed by atoms with Crippen LogP contribution in [-0.2, 0) is 4.74 Å². The first-order valence-electron chi connectivity index (χ1n) is 9.80. The number of urea groups is 1. The average molecular weight is 383 g/mol. The van der Waals surface area contributed by atoms with Crippen molar-refractivity contribution in [3.63, 3.8) is 0 Å². The normalized spacial score (nSPS) is 15.0. The van der Waals surface area contributed by atoms with E-state index in [0.717, 1.165) is 43.2 Å². The van der Waals surface area contributed by atoms with Gasteiger partial charge in [0.2, 0.25) is 0 Å². The Morgan fingerprint density at radius 2 is 1.89 bits per heavy atom. The van der Waals surface area contributed by atoms with Crippen molar-refractivity contribution in [3.8, 4) is 0 Å². The van der Waals surface area contributed by atoms with Gasteiger partial charge in [0, 0.05) is 49.8 Å². The second-order valence-electron chi connectivity index (χ2n) is 7.23. The monoisotopic (exact) mass is 382 g/mol. The van der Waals surface area contributed by atoms with Crippen LogP contribution in [0.2, 0.25) is 0 Å². The van der Waals surface area contributed by atoms with Gasteiger partial charge in [-0.25, -0.2) is 4.79 Å². The number of benzene rings is 2. The third kappa shape index (κ3) is 5.16. The van der Waals surface area contributed by atoms with Gasteiger partial charge in [-0.15, -0.1) is 0 Å². The highest BCUT2D eigenvalue weighted by Crippen LogP contribution is 2.23. The van der Waals surface area contributed by atoms with Crippen LogP contribution in [0.15, 0.2) is 48.5 Å². The molecule has 1 heterocycles. The lowest BCUT2D eigenvalue weighted by atomic mass is 10.1. The quantitative estimate of drug-likeness (QED) is 0.803. The number of likely N-dealkylation sites (N-methyl/N-ethyl adjacent to an activating group) is 1. The number of morpholine rings is 1. The summed E-state index contributed by atoms with van der Waals surface area (Å²) in [5, 5.41) is 5.93. The first-order valence-corrected chi connectivity index (χ1v) is 9.80. The largest absolute Gasteiger partial charge is 0.378 e. The summed E-state index contributed by atoms with van der Waals surface area (Å²) in [5.74, 6) is 0. The second kappa shape index (κ2) is 9.46. The minimum absolute atomic E-state index is 0.179. The maximum atomic E-state index is 12.3. The van der Waals surface area contributed by atoms with E-state index in [-0.39, 0.29) is 12.1 Å². The molecule has 0 aliphatic carbocycles. The molecule has 150 valence electrons. The van der Waals surface area contributed by atoms with E-state index in [1.807, 2.05) is 38.2 Å². The number of carbonyl (C=O) groups excluding carboxylic acids is 1. The lowest BCUT2D eigenvalue weighted by molar-refractivity contribution is 0.122. The summed E-state index contributed by atoms with van der Waals surface area (Å²) in [6.07, 6.45) is 0. The predicted molar refractivity (Wildman–Crippen MR) is 116 cm³/mol. The van der Waals surface area contributed by atoms with Crippen LogP contribution in [0.4, 0.5) is 21.9 Å². The topological polar surface area (TPSA) is 56.8 Å². The number of ether oxygens (including phenoxy) is 1. The summed E-state index contributed by atoms with van der Waals surface area (Å²) in [6.45, 7) is 8.00. The molecule has 0 spiro atoms. The summed E-state index contributed by atoms with van der Waals surface area (Å²) >= 11 is 0. The first-order chi connectivity index (χ1) is 13.5. The molecule has 2 N–H and O–H groups in total. The number of rotatable bonds is 6. The van der Waals surface area contributed by atoms with Crippen molar-refractivity contribution in [3.05, 3.63) is 54.1 Å². The van der Waals surface area contributed by atoms with Crippen molar-refractivity contribution in [2.24, 2.45) is 0 Å². The maximum Gasteiger partial charge on any atom is 0.319 e. The fraction of sp³-hybridized carbons (Fsp3) is 0.409. The summed E-state index contributed by atoms with van der Waals surface area (Å²) < 4.78 is 5.41. The van der Waals surface area contributed by atoms with Crippen molar-refractivity contribution in [1.82, 2.24) is 5.32 Å². The number of amides is 2. The molecule has 0 unspecified atom stereocenters. The third-order valence-electron chi connectivity index (χ3n) is 5.22. The number of anilines is 3. The van der Waals surface area contributed by atoms with Gasteiger partial charge in [-0.05, 0) is 49.7 Å². The number of nitrogens with one attached hydrogen (secondary N) is 2. The molecule has 0 bridgehead atoms. The van der Waals surface area contributed by atoms with Crippen molar-refractivity contribution in [2.75, 3.05) is 55.0 Å². The van der Waals surface area contributed by atoms with E-state index in [1.165, 1.54) is 5.69 Å². The van der Waals surface area contributed by atoms with E-state index in [9.17, 15) is 4.79 Å². The number of nitrogens with zero attached hydrogens (tertiary/aromatic N) is 2. The minimum Gasteiger partial charge on any atom is -0.378 e. The molecule has 0 radical (unpaired) electrons. The van der Waals surface area contributed by atoms with E-state index in [0.29, 0.717) is 6.54 Å². The van der Waals surface area contributed by atoms with Gasteiger partial charge in [0.1, 0.15) is 0 Å². The van der Waals surface area contributed by atoms with Gasteiger partial charge in [0.05, 0.1) is 13.2 Å². The molecule has 1 fully saturated rings. The number of aryl methyl sites for hydroxylation is 1. The van der Waals surface area contributed by atoms with Gasteiger partial charge in [-0.2, -0.15) is 0 Å². The van der Waals surface area contributed by atoms with Gasteiger partial charge in [-0.1, -0.05) is 18.2 Å². The molecule has 1 atom stereocenters. The number of hydrogen-bond donors (Lipinski definition) is 2. The first kappa shape index (κ1) is 20.0. The molecular weight excluding hydrogens is 352 g/mol. The van der Waals surface area contributed by atoms with Crippen LogP contribution >= 0.6 is 0 Å². The molecule has 1 aliphatic heterocycles. The standard InChI is InChI=1S/C22H30N4O2/c1-17-15-20(26-11-13-28-14-12-26)9-10-21(17)24-22(27)23-16-18(2)25(3)19-7-5-4-6-8-19/h4-10,15,18H,11-14,16H2,1-3H3,(H2,23,24,27)/t18-/m1/s1. The molecule has 0 aromatic heterocycles. The van der Waals surface area contributed by atoms with Crippen LogP contribution in [0.5, 0.6) is 0 Å². The zero-order chi connectivity index (χ0) is 19.9. The Labute approximate surface area is 167 Å². The molecule has 2 amide bonds. The van der Waals surface area contributed by atoms with Crippen LogP contribution < -0.4 is 20.4 Å². The highest BCUT2D eigenvalue weighted by molar-refractivity contribution is 5.90. The van der Waals surface area contributed by atoms with Crippen LogP contribution in [0.3, 0.4) is 0 Å². The second-order valence-corrected chi connectivity index (χ2v) is 7.23. The Balaban J connectivity index is 1.51. The van der Waals surface area contributed by atoms with Crippen LogP contribution in [0.1, 0.15) is 12.5 Å². The molecule has 0 saturated carbocycles. The number of para-hydroxylation sites is 1. The Morgan fingerprint density at radius 3 is 2.57 bits per heavy atom. The van der Waals surface area contributed by atoms with E-state index >= 15 is 0 Å². The van der Waals surface area contributed by atoms with Gasteiger partial charge >= 0.3 is 6.03 Å². The van der Waals surface area contributed by atoms with Crippen LogP contribution in [0, 0.1) is 6.92 Å². The summed E-state index contributed by atoms with van der Waals surface area (Å²) in [7, 11) is 2.04. The molecule has 6 heteroatoms. The zero-order valence-electron chi connectivity index (χ0n) is 16.9. The summed E-state index contributed by atoms with van der Waals surface area (Å²) in [4.78, 5) is 16.8. The smallest absolute Gasteiger partial charge is 0.319 e. The van der Waals surface area contributed by atoms with Gasteiger partial charge in [0.25, 0.3) is 0 Å². The Bertz CT molecular complexity index is 775. The van der Waals surface area contributed by atoms with E-state index in [2.05, 4.69) is 51.6 Å². The van der Waals surface area contributed by atoms with Gasteiger partial charge < -0.3 is 25.2 Å². The lowest BCUT2D eigenvalue weighted by Crippen LogP contribution is -2.41. The summed E-state index contributed by atoms with van der Waals surface area (Å²) in [5.41, 5.74) is 4.18. The SMILES string of the molecule is Cc1cc(N2CCOCC2)ccc1NC(=O)NC[C@@H](C)N(C)c1ccccc1. The number of hydrogen-bond acceptors (Lipinski definition) is 4. The van der Waals surface area contributed by atoms with Crippen molar-refractivity contribution in [1.29, 1.82) is 0 Å². The molecule has 28 heavy (non-hydrogen) atoms. The molecule has 2 aromatic rings. The highest BCUT2D eigenvalue weighted by Gasteiger charge is 2.14. The van der Waals surface area contributed by atoms with E-state index in [1.54, 1.807) is 0 Å². The minimum atomic E-state index is -0.185. The van der Waals surface area contributed by atoms with Crippen molar-refractivity contribution >= 4 is 23.1 Å². The van der Waals surface area contributed by atoms with Gasteiger partial charge in [-0.3, -0.25) is 0 Å². The molecule has 1 aliphatic rings. The molecule has 2 aromatic carbocycles. The predicted octanol–water partition coefficient (Wildman–Crippen LogP) is 3.48. The van der Waals surface area contributed by atoms with Crippen LogP contribution in [0.25, 0.3) is 0 Å². The van der Waals surface area contributed by atoms with Crippen molar-refractivity contribution < 1.29 is 9.53 Å². The molecule has 1 saturated heterocycles. The lowest BCUT2D eigenvalue weighted by Gasteiger charge is -2.29.